The molecular weight excluding hydrogens is 298 g/mol. The molecule has 1 atom stereocenters. The van der Waals surface area contributed by atoms with Crippen molar-refractivity contribution in [1.82, 2.24) is 9.88 Å². The van der Waals surface area contributed by atoms with E-state index in [-0.39, 0.29) is 18.3 Å². The number of likely N-dealkylation sites (N-methyl/N-ethyl adjacent to an activating group) is 1. The molecule has 0 saturated heterocycles. The van der Waals surface area contributed by atoms with Crippen molar-refractivity contribution in [2.75, 3.05) is 13.1 Å². The molecule has 1 amide bonds. The number of benzene rings is 1. The van der Waals surface area contributed by atoms with Gasteiger partial charge in [0, 0.05) is 30.2 Å². The molecule has 0 fully saturated rings. The number of rotatable bonds is 6. The van der Waals surface area contributed by atoms with E-state index >= 15 is 0 Å². The Labute approximate surface area is 138 Å². The zero-order valence-electron chi connectivity index (χ0n) is 13.5. The van der Waals surface area contributed by atoms with Crippen LogP contribution in [0.2, 0.25) is 0 Å². The van der Waals surface area contributed by atoms with Crippen molar-refractivity contribution in [3.63, 3.8) is 0 Å². The molecule has 0 spiro atoms. The van der Waals surface area contributed by atoms with Gasteiger partial charge in [0.25, 0.3) is 0 Å². The van der Waals surface area contributed by atoms with Crippen molar-refractivity contribution < 1.29 is 4.79 Å². The molecule has 0 saturated carbocycles. The van der Waals surface area contributed by atoms with E-state index in [0.717, 1.165) is 23.0 Å². The minimum absolute atomic E-state index is 0. The van der Waals surface area contributed by atoms with E-state index in [4.69, 9.17) is 5.73 Å². The molecular formula is C17H26ClN3O. The van der Waals surface area contributed by atoms with Crippen molar-refractivity contribution in [2.24, 2.45) is 11.7 Å². The van der Waals surface area contributed by atoms with E-state index < -0.39 is 6.04 Å². The summed E-state index contributed by atoms with van der Waals surface area (Å²) in [4.78, 5) is 17.5. The normalized spacial score (nSPS) is 12.2. The van der Waals surface area contributed by atoms with Gasteiger partial charge in [-0.3, -0.25) is 4.79 Å². The van der Waals surface area contributed by atoms with E-state index in [1.54, 1.807) is 0 Å². The van der Waals surface area contributed by atoms with Gasteiger partial charge in [0.1, 0.15) is 0 Å². The number of para-hydroxylation sites is 1. The SMILES string of the molecule is CCN(CC(C)C)C(=O)[C@@H](N)Cc1c[nH]c2ccccc12.Cl. The molecule has 2 aromatic rings. The smallest absolute Gasteiger partial charge is 0.239 e. The number of fused-ring (bicyclic) bond motifs is 1. The summed E-state index contributed by atoms with van der Waals surface area (Å²) in [6.07, 6.45) is 2.52. The number of aromatic nitrogens is 1. The molecule has 0 radical (unpaired) electrons. The fourth-order valence-electron chi connectivity index (χ4n) is 2.67. The van der Waals surface area contributed by atoms with Crippen LogP contribution in [0.15, 0.2) is 30.5 Å². The van der Waals surface area contributed by atoms with Crippen LogP contribution < -0.4 is 5.73 Å². The molecule has 0 aliphatic rings. The van der Waals surface area contributed by atoms with E-state index in [0.29, 0.717) is 18.9 Å². The number of amides is 1. The van der Waals surface area contributed by atoms with Crippen LogP contribution in [-0.2, 0) is 11.2 Å². The standard InChI is InChI=1S/C17H25N3O.ClH/c1-4-20(11-12(2)3)17(21)15(18)9-13-10-19-16-8-6-5-7-14(13)16;/h5-8,10,12,15,19H,4,9,11,18H2,1-3H3;1H/t15-;/m0./s1. The van der Waals surface area contributed by atoms with Crippen LogP contribution in [0.3, 0.4) is 0 Å². The molecule has 0 aliphatic heterocycles. The highest BCUT2D eigenvalue weighted by atomic mass is 35.5. The van der Waals surface area contributed by atoms with Crippen LogP contribution in [0.5, 0.6) is 0 Å². The molecule has 1 heterocycles. The molecule has 0 bridgehead atoms. The van der Waals surface area contributed by atoms with Gasteiger partial charge in [-0.2, -0.15) is 0 Å². The summed E-state index contributed by atoms with van der Waals surface area (Å²) in [6.45, 7) is 7.69. The predicted octanol–water partition coefficient (Wildman–Crippen LogP) is 2.96. The van der Waals surface area contributed by atoms with Crippen molar-refractivity contribution in [3.8, 4) is 0 Å². The van der Waals surface area contributed by atoms with Gasteiger partial charge in [0.2, 0.25) is 5.91 Å². The summed E-state index contributed by atoms with van der Waals surface area (Å²) >= 11 is 0. The van der Waals surface area contributed by atoms with Gasteiger partial charge in [-0.05, 0) is 30.9 Å². The summed E-state index contributed by atoms with van der Waals surface area (Å²) in [6, 6.07) is 7.61. The van der Waals surface area contributed by atoms with Gasteiger partial charge in [-0.25, -0.2) is 0 Å². The first kappa shape index (κ1) is 18.5. The number of aromatic amines is 1. The van der Waals surface area contributed by atoms with Crippen LogP contribution in [0, 0.1) is 5.92 Å². The number of nitrogens with zero attached hydrogens (tertiary/aromatic N) is 1. The highest BCUT2D eigenvalue weighted by molar-refractivity contribution is 5.86. The Hall–Kier alpha value is -1.52. The summed E-state index contributed by atoms with van der Waals surface area (Å²) in [5, 5.41) is 1.15. The topological polar surface area (TPSA) is 62.1 Å². The zero-order valence-corrected chi connectivity index (χ0v) is 14.3. The van der Waals surface area contributed by atoms with Gasteiger partial charge in [-0.1, -0.05) is 32.0 Å². The number of carbonyl (C=O) groups is 1. The highest BCUT2D eigenvalue weighted by Gasteiger charge is 2.21. The van der Waals surface area contributed by atoms with Crippen LogP contribution in [0.4, 0.5) is 0 Å². The Kier molecular flexibility index (Phi) is 6.91. The average molecular weight is 324 g/mol. The third-order valence-corrected chi connectivity index (χ3v) is 3.71. The maximum absolute atomic E-state index is 12.5. The number of halogens is 1. The predicted molar refractivity (Wildman–Crippen MR) is 94.3 cm³/mol. The number of carbonyl (C=O) groups excluding carboxylic acids is 1. The van der Waals surface area contributed by atoms with Gasteiger partial charge >= 0.3 is 0 Å². The molecule has 0 unspecified atom stereocenters. The van der Waals surface area contributed by atoms with E-state index in [9.17, 15) is 4.79 Å². The number of hydrogen-bond donors (Lipinski definition) is 2. The maximum atomic E-state index is 12.5. The summed E-state index contributed by atoms with van der Waals surface area (Å²) < 4.78 is 0. The fourth-order valence-corrected chi connectivity index (χ4v) is 2.67. The fraction of sp³-hybridized carbons (Fsp3) is 0.471. The summed E-state index contributed by atoms with van der Waals surface area (Å²) in [7, 11) is 0. The molecule has 1 aromatic carbocycles. The quantitative estimate of drug-likeness (QED) is 0.858. The maximum Gasteiger partial charge on any atom is 0.239 e. The van der Waals surface area contributed by atoms with Gasteiger partial charge in [0.05, 0.1) is 6.04 Å². The second kappa shape index (κ2) is 8.20. The van der Waals surface area contributed by atoms with Gasteiger partial charge < -0.3 is 15.6 Å². The Morgan fingerprint density at radius 3 is 2.64 bits per heavy atom. The van der Waals surface area contributed by atoms with Crippen LogP contribution in [0.25, 0.3) is 10.9 Å². The van der Waals surface area contributed by atoms with E-state index in [1.807, 2.05) is 36.2 Å². The lowest BCUT2D eigenvalue weighted by Gasteiger charge is -2.26. The Morgan fingerprint density at radius 2 is 2.00 bits per heavy atom. The van der Waals surface area contributed by atoms with Crippen molar-refractivity contribution in [1.29, 1.82) is 0 Å². The summed E-state index contributed by atoms with van der Waals surface area (Å²) in [5.74, 6) is 0.491. The van der Waals surface area contributed by atoms with E-state index in [2.05, 4.69) is 24.9 Å². The van der Waals surface area contributed by atoms with Crippen LogP contribution >= 0.6 is 12.4 Å². The lowest BCUT2D eigenvalue weighted by Crippen LogP contribution is -2.46. The second-order valence-corrected chi connectivity index (χ2v) is 5.94. The Morgan fingerprint density at radius 1 is 1.32 bits per heavy atom. The largest absolute Gasteiger partial charge is 0.361 e. The molecule has 22 heavy (non-hydrogen) atoms. The molecule has 1 aromatic heterocycles. The minimum atomic E-state index is -0.483. The van der Waals surface area contributed by atoms with Crippen molar-refractivity contribution >= 4 is 29.2 Å². The van der Waals surface area contributed by atoms with E-state index in [1.165, 1.54) is 0 Å². The lowest BCUT2D eigenvalue weighted by atomic mass is 10.0. The van der Waals surface area contributed by atoms with Crippen molar-refractivity contribution in [2.45, 2.75) is 33.2 Å². The second-order valence-electron chi connectivity index (χ2n) is 5.94. The minimum Gasteiger partial charge on any atom is -0.361 e. The first-order chi connectivity index (χ1) is 10.0. The highest BCUT2D eigenvalue weighted by Crippen LogP contribution is 2.19. The molecule has 2 rings (SSSR count). The van der Waals surface area contributed by atoms with Crippen molar-refractivity contribution in [3.05, 3.63) is 36.0 Å². The molecule has 122 valence electrons. The van der Waals surface area contributed by atoms with Crippen LogP contribution in [-0.4, -0.2) is 34.9 Å². The number of nitrogens with one attached hydrogen (secondary N) is 1. The van der Waals surface area contributed by atoms with Gasteiger partial charge in [0.15, 0.2) is 0 Å². The number of nitrogens with two attached hydrogens (primary N) is 1. The first-order valence-electron chi connectivity index (χ1n) is 7.62. The molecule has 0 aliphatic carbocycles. The first-order valence-corrected chi connectivity index (χ1v) is 7.62. The number of H-pyrrole nitrogens is 1. The average Bonchev–Trinajstić information content (AvgIpc) is 2.87. The summed E-state index contributed by atoms with van der Waals surface area (Å²) in [5.41, 5.74) is 8.34. The Balaban J connectivity index is 0.00000242. The third-order valence-electron chi connectivity index (χ3n) is 3.71. The molecule has 4 nitrogen and oxygen atoms in total. The molecule has 3 N–H and O–H groups in total. The molecule has 5 heteroatoms. The zero-order chi connectivity index (χ0) is 15.4. The van der Waals surface area contributed by atoms with Gasteiger partial charge in [-0.15, -0.1) is 12.4 Å². The Bertz CT molecular complexity index is 609. The third kappa shape index (κ3) is 4.24. The monoisotopic (exact) mass is 323 g/mol. The van der Waals surface area contributed by atoms with Crippen LogP contribution in [0.1, 0.15) is 26.3 Å². The lowest BCUT2D eigenvalue weighted by molar-refractivity contribution is -0.132. The number of hydrogen-bond acceptors (Lipinski definition) is 2.